The SMILES string of the molecule is CCOC(=O)c1cnc(NCCc2cccnc2)nc1C. The molecule has 0 atom stereocenters. The molecule has 2 heterocycles. The Labute approximate surface area is 123 Å². The van der Waals surface area contributed by atoms with Crippen molar-refractivity contribution in [3.8, 4) is 0 Å². The first-order chi connectivity index (χ1) is 10.2. The van der Waals surface area contributed by atoms with Gasteiger partial charge in [0.05, 0.1) is 17.9 Å². The maximum Gasteiger partial charge on any atom is 0.341 e. The van der Waals surface area contributed by atoms with Crippen LogP contribution in [0.4, 0.5) is 5.95 Å². The number of hydrogen-bond donors (Lipinski definition) is 1. The van der Waals surface area contributed by atoms with Crippen LogP contribution in [0.3, 0.4) is 0 Å². The van der Waals surface area contributed by atoms with Crippen LogP contribution in [-0.2, 0) is 11.2 Å². The fourth-order valence-electron chi connectivity index (χ4n) is 1.83. The molecule has 2 aromatic heterocycles. The third kappa shape index (κ3) is 4.24. The topological polar surface area (TPSA) is 77.0 Å². The van der Waals surface area contributed by atoms with Gasteiger partial charge in [-0.1, -0.05) is 6.07 Å². The second-order valence-corrected chi connectivity index (χ2v) is 4.45. The molecule has 6 nitrogen and oxygen atoms in total. The van der Waals surface area contributed by atoms with Crippen molar-refractivity contribution in [2.75, 3.05) is 18.5 Å². The summed E-state index contributed by atoms with van der Waals surface area (Å²) in [5, 5.41) is 3.13. The van der Waals surface area contributed by atoms with Gasteiger partial charge >= 0.3 is 5.97 Å². The third-order valence-corrected chi connectivity index (χ3v) is 2.89. The molecule has 0 bridgehead atoms. The highest BCUT2D eigenvalue weighted by atomic mass is 16.5. The summed E-state index contributed by atoms with van der Waals surface area (Å²) in [6.45, 7) is 4.57. The molecule has 0 amide bonds. The second-order valence-electron chi connectivity index (χ2n) is 4.45. The van der Waals surface area contributed by atoms with Gasteiger partial charge < -0.3 is 10.1 Å². The van der Waals surface area contributed by atoms with E-state index >= 15 is 0 Å². The van der Waals surface area contributed by atoms with Gasteiger partial charge in [-0.3, -0.25) is 4.98 Å². The Kier molecular flexibility index (Phi) is 5.20. The highest BCUT2D eigenvalue weighted by molar-refractivity contribution is 5.90. The fraction of sp³-hybridized carbons (Fsp3) is 0.333. The van der Waals surface area contributed by atoms with Crippen molar-refractivity contribution in [2.45, 2.75) is 20.3 Å². The van der Waals surface area contributed by atoms with E-state index < -0.39 is 5.97 Å². The van der Waals surface area contributed by atoms with Crippen LogP contribution in [0.1, 0.15) is 28.5 Å². The molecule has 0 aliphatic heterocycles. The van der Waals surface area contributed by atoms with Gasteiger partial charge in [0.15, 0.2) is 0 Å². The Morgan fingerprint density at radius 3 is 2.90 bits per heavy atom. The van der Waals surface area contributed by atoms with Gasteiger partial charge in [-0.2, -0.15) is 0 Å². The lowest BCUT2D eigenvalue weighted by Gasteiger charge is -2.08. The third-order valence-electron chi connectivity index (χ3n) is 2.89. The van der Waals surface area contributed by atoms with Crippen LogP contribution in [0.25, 0.3) is 0 Å². The van der Waals surface area contributed by atoms with Crippen molar-refractivity contribution < 1.29 is 9.53 Å². The number of pyridine rings is 1. The molecule has 0 aromatic carbocycles. The summed E-state index contributed by atoms with van der Waals surface area (Å²) in [5.41, 5.74) is 2.15. The van der Waals surface area contributed by atoms with Crippen LogP contribution in [0.5, 0.6) is 0 Å². The monoisotopic (exact) mass is 286 g/mol. The molecule has 110 valence electrons. The zero-order valence-corrected chi connectivity index (χ0v) is 12.2. The molecule has 0 spiro atoms. The lowest BCUT2D eigenvalue weighted by atomic mass is 10.2. The van der Waals surface area contributed by atoms with Crippen LogP contribution >= 0.6 is 0 Å². The predicted molar refractivity (Wildman–Crippen MR) is 79.2 cm³/mol. The molecule has 21 heavy (non-hydrogen) atoms. The molecule has 0 radical (unpaired) electrons. The van der Waals surface area contributed by atoms with Crippen molar-refractivity contribution in [3.05, 3.63) is 47.5 Å². The van der Waals surface area contributed by atoms with Gasteiger partial charge in [0.2, 0.25) is 5.95 Å². The molecule has 1 N–H and O–H groups in total. The Bertz CT molecular complexity index is 602. The van der Waals surface area contributed by atoms with Gasteiger partial charge in [0.25, 0.3) is 0 Å². The molecule has 0 saturated carbocycles. The Morgan fingerprint density at radius 2 is 2.24 bits per heavy atom. The number of carbonyl (C=O) groups is 1. The number of esters is 1. The largest absolute Gasteiger partial charge is 0.462 e. The minimum atomic E-state index is -0.392. The van der Waals surface area contributed by atoms with E-state index in [0.717, 1.165) is 12.0 Å². The van der Waals surface area contributed by atoms with Crippen LogP contribution in [-0.4, -0.2) is 34.1 Å². The molecule has 0 aliphatic carbocycles. The van der Waals surface area contributed by atoms with Crippen molar-refractivity contribution in [3.63, 3.8) is 0 Å². The standard InChI is InChI=1S/C15H18N4O2/c1-3-21-14(20)13-10-18-15(19-11(13)2)17-8-6-12-5-4-7-16-9-12/h4-5,7,9-10H,3,6,8H2,1-2H3,(H,17,18,19). The Hall–Kier alpha value is -2.50. The van der Waals surface area contributed by atoms with Crippen LogP contribution < -0.4 is 5.32 Å². The summed E-state index contributed by atoms with van der Waals surface area (Å²) in [6.07, 6.45) is 5.90. The minimum Gasteiger partial charge on any atom is -0.462 e. The summed E-state index contributed by atoms with van der Waals surface area (Å²) >= 11 is 0. The predicted octanol–water partition coefficient (Wildman–Crippen LogP) is 2.01. The first kappa shape index (κ1) is 14.9. The maximum absolute atomic E-state index is 11.6. The van der Waals surface area contributed by atoms with E-state index in [9.17, 15) is 4.79 Å². The van der Waals surface area contributed by atoms with E-state index in [1.54, 1.807) is 20.0 Å². The van der Waals surface area contributed by atoms with E-state index in [4.69, 9.17) is 4.74 Å². The number of nitrogens with zero attached hydrogens (tertiary/aromatic N) is 3. The number of carbonyl (C=O) groups excluding carboxylic acids is 1. The summed E-state index contributed by atoms with van der Waals surface area (Å²) in [5.74, 6) is 0.112. The minimum absolute atomic E-state index is 0.337. The average molecular weight is 286 g/mol. The van der Waals surface area contributed by atoms with E-state index in [1.807, 2.05) is 18.3 Å². The Morgan fingerprint density at radius 1 is 1.38 bits per heavy atom. The fourth-order valence-corrected chi connectivity index (χ4v) is 1.83. The molecule has 6 heteroatoms. The number of anilines is 1. The molecule has 2 aromatic rings. The van der Waals surface area contributed by atoms with Crippen LogP contribution in [0.2, 0.25) is 0 Å². The molecule has 0 aliphatic rings. The highest BCUT2D eigenvalue weighted by Crippen LogP contribution is 2.09. The second kappa shape index (κ2) is 7.33. The number of aromatic nitrogens is 3. The van der Waals surface area contributed by atoms with Crippen molar-refractivity contribution >= 4 is 11.9 Å². The molecule has 0 saturated heterocycles. The number of rotatable bonds is 6. The lowest BCUT2D eigenvalue weighted by molar-refractivity contribution is 0.0524. The number of hydrogen-bond acceptors (Lipinski definition) is 6. The Balaban J connectivity index is 1.93. The molecule has 2 rings (SSSR count). The first-order valence-corrected chi connectivity index (χ1v) is 6.84. The van der Waals surface area contributed by atoms with Crippen molar-refractivity contribution in [1.29, 1.82) is 0 Å². The van der Waals surface area contributed by atoms with E-state index in [-0.39, 0.29) is 0 Å². The summed E-state index contributed by atoms with van der Waals surface area (Å²) in [6, 6.07) is 3.93. The zero-order valence-electron chi connectivity index (χ0n) is 12.2. The average Bonchev–Trinajstić information content (AvgIpc) is 2.48. The molecule has 0 unspecified atom stereocenters. The van der Waals surface area contributed by atoms with Gasteiger partial charge in [-0.05, 0) is 31.9 Å². The number of aryl methyl sites for hydroxylation is 1. The molecular formula is C15H18N4O2. The normalized spacial score (nSPS) is 10.2. The van der Waals surface area contributed by atoms with E-state index in [1.165, 1.54) is 6.20 Å². The summed E-state index contributed by atoms with van der Waals surface area (Å²) in [7, 11) is 0. The van der Waals surface area contributed by atoms with E-state index in [2.05, 4.69) is 20.3 Å². The number of nitrogens with one attached hydrogen (secondary N) is 1. The highest BCUT2D eigenvalue weighted by Gasteiger charge is 2.12. The van der Waals surface area contributed by atoms with Crippen molar-refractivity contribution in [1.82, 2.24) is 15.0 Å². The quantitative estimate of drug-likeness (QED) is 0.819. The first-order valence-electron chi connectivity index (χ1n) is 6.84. The lowest BCUT2D eigenvalue weighted by Crippen LogP contribution is -2.12. The van der Waals surface area contributed by atoms with E-state index in [0.29, 0.717) is 30.4 Å². The summed E-state index contributed by atoms with van der Waals surface area (Å²) in [4.78, 5) is 24.1. The smallest absolute Gasteiger partial charge is 0.341 e. The van der Waals surface area contributed by atoms with Gasteiger partial charge in [-0.15, -0.1) is 0 Å². The molecule has 0 fully saturated rings. The van der Waals surface area contributed by atoms with Crippen molar-refractivity contribution in [2.24, 2.45) is 0 Å². The van der Waals surface area contributed by atoms with Crippen LogP contribution in [0, 0.1) is 6.92 Å². The number of ether oxygens (including phenoxy) is 1. The maximum atomic E-state index is 11.6. The van der Waals surface area contributed by atoms with Crippen LogP contribution in [0.15, 0.2) is 30.7 Å². The zero-order chi connectivity index (χ0) is 15.1. The van der Waals surface area contributed by atoms with Gasteiger partial charge in [0, 0.05) is 25.1 Å². The van der Waals surface area contributed by atoms with Gasteiger partial charge in [-0.25, -0.2) is 14.8 Å². The molecular weight excluding hydrogens is 268 g/mol. The van der Waals surface area contributed by atoms with Gasteiger partial charge in [0.1, 0.15) is 0 Å². The summed E-state index contributed by atoms with van der Waals surface area (Å²) < 4.78 is 4.94.